The minimum Gasteiger partial charge on any atom is -0.496 e. The van der Waals surface area contributed by atoms with Gasteiger partial charge >= 0.3 is 0 Å². The van der Waals surface area contributed by atoms with Crippen LogP contribution in [0.25, 0.3) is 22.5 Å². The first kappa shape index (κ1) is 23.0. The molecule has 4 aromatic rings. The topological polar surface area (TPSA) is 77.0 Å². The van der Waals surface area contributed by atoms with Gasteiger partial charge in [-0.25, -0.2) is 4.39 Å². The van der Waals surface area contributed by atoms with Crippen LogP contribution in [0.2, 0.25) is 0 Å². The van der Waals surface area contributed by atoms with Crippen molar-refractivity contribution in [2.45, 2.75) is 26.8 Å². The number of hydrogen-bond donors (Lipinski definition) is 1. The monoisotopic (exact) mass is 456 g/mol. The minimum atomic E-state index is -0.344. The van der Waals surface area contributed by atoms with Gasteiger partial charge in [0.1, 0.15) is 23.0 Å². The number of nitrogens with one attached hydrogen (secondary N) is 1. The molecule has 6 nitrogen and oxygen atoms in total. The highest BCUT2D eigenvalue weighted by Crippen LogP contribution is 2.27. The van der Waals surface area contributed by atoms with E-state index < -0.39 is 0 Å². The second-order valence-corrected chi connectivity index (χ2v) is 7.93. The zero-order valence-electron chi connectivity index (χ0n) is 19.3. The Morgan fingerprint density at radius 1 is 1.09 bits per heavy atom. The molecule has 172 valence electrons. The van der Waals surface area contributed by atoms with Crippen molar-refractivity contribution in [3.05, 3.63) is 95.1 Å². The molecular formula is C27H25FN4O2. The van der Waals surface area contributed by atoms with Gasteiger partial charge in [-0.2, -0.15) is 5.10 Å². The molecule has 0 fully saturated rings. The Balaban J connectivity index is 1.68. The van der Waals surface area contributed by atoms with E-state index in [4.69, 9.17) is 4.74 Å². The Labute approximate surface area is 197 Å². The number of aryl methyl sites for hydroxylation is 2. The Kier molecular flexibility index (Phi) is 6.92. The highest BCUT2D eigenvalue weighted by molar-refractivity contribution is 6.00. The van der Waals surface area contributed by atoms with Crippen LogP contribution in [0.5, 0.6) is 5.75 Å². The molecule has 0 aliphatic heterocycles. The molecule has 0 spiro atoms. The molecule has 0 aliphatic carbocycles. The van der Waals surface area contributed by atoms with Gasteiger partial charge in [0.2, 0.25) is 0 Å². The lowest BCUT2D eigenvalue weighted by Crippen LogP contribution is -2.24. The van der Waals surface area contributed by atoms with Gasteiger partial charge in [0.05, 0.1) is 12.7 Å². The number of carbonyl (C=O) groups excluding carboxylic acids is 1. The van der Waals surface area contributed by atoms with Crippen LogP contribution in [0, 0.1) is 12.7 Å². The van der Waals surface area contributed by atoms with Crippen molar-refractivity contribution < 1.29 is 13.9 Å². The lowest BCUT2D eigenvalue weighted by atomic mass is 10.0. The third-order valence-corrected chi connectivity index (χ3v) is 5.51. The Morgan fingerprint density at radius 2 is 1.94 bits per heavy atom. The molecule has 2 aromatic carbocycles. The summed E-state index contributed by atoms with van der Waals surface area (Å²) in [7, 11) is 1.63. The van der Waals surface area contributed by atoms with Gasteiger partial charge in [0.25, 0.3) is 5.91 Å². The molecule has 7 heteroatoms. The van der Waals surface area contributed by atoms with E-state index in [9.17, 15) is 9.18 Å². The van der Waals surface area contributed by atoms with Crippen LogP contribution in [-0.4, -0.2) is 28.2 Å². The number of hydrogen-bond acceptors (Lipinski definition) is 5. The fourth-order valence-corrected chi connectivity index (χ4v) is 3.80. The average Bonchev–Trinajstić information content (AvgIpc) is 2.86. The predicted octanol–water partition coefficient (Wildman–Crippen LogP) is 5.15. The third-order valence-electron chi connectivity index (χ3n) is 5.51. The smallest absolute Gasteiger partial charge is 0.253 e. The van der Waals surface area contributed by atoms with Gasteiger partial charge < -0.3 is 10.1 Å². The number of methoxy groups -OCH3 is 1. The van der Waals surface area contributed by atoms with E-state index in [1.54, 1.807) is 37.7 Å². The van der Waals surface area contributed by atoms with Crippen LogP contribution in [0.1, 0.15) is 34.0 Å². The first-order chi connectivity index (χ1) is 16.5. The number of halogens is 1. The maximum Gasteiger partial charge on any atom is 0.253 e. The second kappa shape index (κ2) is 10.2. The highest BCUT2D eigenvalue weighted by Gasteiger charge is 2.18. The van der Waals surface area contributed by atoms with Crippen LogP contribution in [0.4, 0.5) is 4.39 Å². The molecule has 0 saturated heterocycles. The van der Waals surface area contributed by atoms with Crippen LogP contribution in [0.15, 0.2) is 67.0 Å². The van der Waals surface area contributed by atoms with Gasteiger partial charge in [0, 0.05) is 24.5 Å². The molecule has 4 rings (SSSR count). The van der Waals surface area contributed by atoms with Gasteiger partial charge in [0.15, 0.2) is 0 Å². The number of nitrogens with zero attached hydrogens (tertiary/aromatic N) is 3. The molecule has 1 amide bonds. The van der Waals surface area contributed by atoms with E-state index in [1.165, 1.54) is 12.1 Å². The summed E-state index contributed by atoms with van der Waals surface area (Å²) >= 11 is 0. The predicted molar refractivity (Wildman–Crippen MR) is 129 cm³/mol. The molecule has 2 aromatic heterocycles. The lowest BCUT2D eigenvalue weighted by Gasteiger charge is -2.13. The van der Waals surface area contributed by atoms with Crippen LogP contribution >= 0.6 is 0 Å². The van der Waals surface area contributed by atoms with Crippen molar-refractivity contribution in [3.8, 4) is 28.3 Å². The van der Waals surface area contributed by atoms with E-state index >= 15 is 0 Å². The number of amides is 1. The van der Waals surface area contributed by atoms with Crippen LogP contribution in [0.3, 0.4) is 0 Å². The van der Waals surface area contributed by atoms with Crippen LogP contribution < -0.4 is 10.1 Å². The van der Waals surface area contributed by atoms with Gasteiger partial charge in [-0.05, 0) is 72.0 Å². The largest absolute Gasteiger partial charge is 0.496 e. The first-order valence-electron chi connectivity index (χ1n) is 11.0. The molecule has 2 heterocycles. The van der Waals surface area contributed by atoms with Crippen LogP contribution in [-0.2, 0) is 13.0 Å². The van der Waals surface area contributed by atoms with Gasteiger partial charge in [-0.1, -0.05) is 25.1 Å². The van der Waals surface area contributed by atoms with Gasteiger partial charge in [-0.15, -0.1) is 5.10 Å². The van der Waals surface area contributed by atoms with Gasteiger partial charge in [-0.3, -0.25) is 9.78 Å². The van der Waals surface area contributed by atoms with E-state index in [0.717, 1.165) is 28.9 Å². The first-order valence-corrected chi connectivity index (χ1v) is 11.0. The fourth-order valence-electron chi connectivity index (χ4n) is 3.80. The summed E-state index contributed by atoms with van der Waals surface area (Å²) < 4.78 is 19.5. The number of ether oxygens (including phenoxy) is 1. The minimum absolute atomic E-state index is 0.308. The highest BCUT2D eigenvalue weighted by atomic mass is 19.1. The molecule has 34 heavy (non-hydrogen) atoms. The molecule has 0 aliphatic rings. The van der Waals surface area contributed by atoms with Crippen molar-refractivity contribution in [2.24, 2.45) is 0 Å². The lowest BCUT2D eigenvalue weighted by molar-refractivity contribution is 0.0951. The Morgan fingerprint density at radius 3 is 2.65 bits per heavy atom. The molecule has 0 saturated carbocycles. The molecule has 1 N–H and O–H groups in total. The van der Waals surface area contributed by atoms with E-state index in [-0.39, 0.29) is 11.7 Å². The number of rotatable bonds is 7. The summed E-state index contributed by atoms with van der Waals surface area (Å²) in [4.78, 5) is 17.8. The van der Waals surface area contributed by atoms with Crippen molar-refractivity contribution in [1.29, 1.82) is 0 Å². The van der Waals surface area contributed by atoms with Crippen molar-refractivity contribution in [3.63, 3.8) is 0 Å². The molecular weight excluding hydrogens is 431 g/mol. The van der Waals surface area contributed by atoms with Crippen molar-refractivity contribution in [2.75, 3.05) is 7.11 Å². The molecule has 0 radical (unpaired) electrons. The number of pyridine rings is 1. The summed E-state index contributed by atoms with van der Waals surface area (Å²) in [6.07, 6.45) is 4.03. The standard InChI is InChI=1S/C27H25FN4O2/c1-4-19-8-7-18(12-25(19)34-3)15-30-27(33)23-14-21(20-10-17(2)11-22(28)13-20)16-29-26(23)24-6-5-9-31-32-24/h5-14,16H,4,15H2,1-3H3,(H,30,33). The Hall–Kier alpha value is -4.13. The summed E-state index contributed by atoms with van der Waals surface area (Å²) in [6.45, 7) is 4.19. The maximum atomic E-state index is 14.0. The van der Waals surface area contributed by atoms with E-state index in [2.05, 4.69) is 27.4 Å². The number of carbonyl (C=O) groups is 1. The summed E-state index contributed by atoms with van der Waals surface area (Å²) in [5.74, 6) is 0.129. The maximum absolute atomic E-state index is 14.0. The zero-order valence-corrected chi connectivity index (χ0v) is 19.3. The van der Waals surface area contributed by atoms with Crippen molar-refractivity contribution >= 4 is 5.91 Å². The van der Waals surface area contributed by atoms with E-state index in [0.29, 0.717) is 34.6 Å². The summed E-state index contributed by atoms with van der Waals surface area (Å²) in [6, 6.07) is 15.8. The molecule has 0 bridgehead atoms. The number of benzene rings is 2. The SMILES string of the molecule is CCc1ccc(CNC(=O)c2cc(-c3cc(C)cc(F)c3)cnc2-c2cccnn2)cc1OC. The quantitative estimate of drug-likeness (QED) is 0.416. The zero-order chi connectivity index (χ0) is 24.1. The normalized spacial score (nSPS) is 10.7. The Bertz CT molecular complexity index is 1310. The summed E-state index contributed by atoms with van der Waals surface area (Å²) in [5, 5.41) is 11.0. The van der Waals surface area contributed by atoms with E-state index in [1.807, 2.05) is 31.2 Å². The fraction of sp³-hybridized carbons (Fsp3) is 0.185. The number of aromatic nitrogens is 3. The summed E-state index contributed by atoms with van der Waals surface area (Å²) in [5.41, 5.74) is 5.28. The average molecular weight is 457 g/mol. The second-order valence-electron chi connectivity index (χ2n) is 7.93. The van der Waals surface area contributed by atoms with Crippen molar-refractivity contribution in [1.82, 2.24) is 20.5 Å². The third kappa shape index (κ3) is 5.09. The molecule has 0 atom stereocenters. The molecule has 0 unspecified atom stereocenters.